The number of aromatic nitrogens is 1. The van der Waals surface area contributed by atoms with Crippen molar-refractivity contribution in [3.05, 3.63) is 40.4 Å². The highest BCUT2D eigenvalue weighted by Crippen LogP contribution is 2.28. The predicted molar refractivity (Wildman–Crippen MR) is 84.5 cm³/mol. The van der Waals surface area contributed by atoms with E-state index in [0.29, 0.717) is 11.3 Å². The third kappa shape index (κ3) is 4.13. The number of thiazole rings is 1. The summed E-state index contributed by atoms with van der Waals surface area (Å²) in [7, 11) is 0. The Morgan fingerprint density at radius 3 is 2.41 bits per heavy atom. The molecule has 0 radical (unpaired) electrons. The van der Waals surface area contributed by atoms with Crippen LogP contribution < -0.4 is 0 Å². The van der Waals surface area contributed by atoms with Crippen molar-refractivity contribution in [2.24, 2.45) is 0 Å². The molecular weight excluding hydrogens is 302 g/mol. The second-order valence-electron chi connectivity index (χ2n) is 5.82. The highest BCUT2D eigenvalue weighted by atomic mass is 32.1. The average Bonchev–Trinajstić information content (AvgIpc) is 2.85. The zero-order chi connectivity index (χ0) is 16.3. The Labute approximate surface area is 133 Å². The van der Waals surface area contributed by atoms with Crippen molar-refractivity contribution in [2.75, 3.05) is 0 Å². The maximum atomic E-state index is 11.9. The van der Waals surface area contributed by atoms with Crippen molar-refractivity contribution in [3.63, 3.8) is 0 Å². The molecule has 2 aromatic rings. The smallest absolute Gasteiger partial charge is 0.373 e. The summed E-state index contributed by atoms with van der Waals surface area (Å²) in [4.78, 5) is 27.0. The first-order valence-corrected chi connectivity index (χ1v) is 7.69. The highest BCUT2D eigenvalue weighted by molar-refractivity contribution is 7.15. The van der Waals surface area contributed by atoms with Crippen molar-refractivity contribution in [2.45, 2.75) is 39.9 Å². The van der Waals surface area contributed by atoms with E-state index in [2.05, 4.69) is 4.98 Å². The minimum atomic E-state index is -0.547. The summed E-state index contributed by atoms with van der Waals surface area (Å²) in [5.74, 6) is -0.534. The molecule has 0 atom stereocenters. The molecule has 0 spiro atoms. The zero-order valence-corrected chi connectivity index (χ0v) is 13.9. The number of aliphatic hydroxyl groups is 1. The van der Waals surface area contributed by atoms with Crippen LogP contribution in [-0.2, 0) is 16.4 Å². The quantitative estimate of drug-likeness (QED) is 0.689. The van der Waals surface area contributed by atoms with Crippen LogP contribution in [-0.4, -0.2) is 21.7 Å². The van der Waals surface area contributed by atoms with Crippen molar-refractivity contribution in [1.29, 1.82) is 0 Å². The van der Waals surface area contributed by atoms with Crippen LogP contribution in [0.5, 0.6) is 0 Å². The monoisotopic (exact) mass is 321 g/mol. The fourth-order valence-corrected chi connectivity index (χ4v) is 2.59. The molecule has 0 amide bonds. The Bertz CT molecular complexity index is 656. The van der Waals surface area contributed by atoms with Gasteiger partial charge in [0.05, 0.1) is 17.9 Å². The van der Waals surface area contributed by atoms with Gasteiger partial charge in [-0.1, -0.05) is 12.1 Å². The van der Waals surface area contributed by atoms with Crippen LogP contribution in [0.4, 0.5) is 0 Å². The molecule has 5 nitrogen and oxygen atoms in total. The zero-order valence-electron chi connectivity index (χ0n) is 13.0. The average molecular weight is 321 g/mol. The van der Waals surface area contributed by atoms with Crippen molar-refractivity contribution in [3.8, 4) is 10.6 Å². The second-order valence-corrected chi connectivity index (χ2v) is 7.03. The van der Waals surface area contributed by atoms with E-state index >= 15 is 0 Å². The van der Waals surface area contributed by atoms with E-state index in [-0.39, 0.29) is 6.61 Å². The lowest BCUT2D eigenvalue weighted by Gasteiger charge is -2.16. The van der Waals surface area contributed by atoms with Gasteiger partial charge in [-0.3, -0.25) is 4.89 Å². The Balaban J connectivity index is 2.11. The second kappa shape index (κ2) is 6.56. The summed E-state index contributed by atoms with van der Waals surface area (Å²) in [6.45, 7) is 7.24. The van der Waals surface area contributed by atoms with E-state index in [1.54, 1.807) is 45.0 Å². The molecule has 1 aromatic heterocycles. The number of nitrogens with zero attached hydrogens (tertiary/aromatic N) is 1. The van der Waals surface area contributed by atoms with Crippen molar-refractivity contribution < 1.29 is 19.7 Å². The fourth-order valence-electron chi connectivity index (χ4n) is 1.66. The molecule has 1 aromatic carbocycles. The van der Waals surface area contributed by atoms with E-state index in [4.69, 9.17) is 9.78 Å². The van der Waals surface area contributed by atoms with Crippen LogP contribution >= 0.6 is 11.3 Å². The molecule has 0 unspecified atom stereocenters. The molecule has 2 rings (SSSR count). The first-order valence-electron chi connectivity index (χ1n) is 6.88. The van der Waals surface area contributed by atoms with Gasteiger partial charge in [0, 0.05) is 10.4 Å². The molecule has 0 aliphatic rings. The summed E-state index contributed by atoms with van der Waals surface area (Å²) in [5.41, 5.74) is 1.43. The maximum Gasteiger partial charge on any atom is 0.373 e. The number of carbonyl (C=O) groups excluding carboxylic acids is 1. The third-order valence-corrected chi connectivity index (χ3v) is 3.84. The molecule has 0 saturated carbocycles. The van der Waals surface area contributed by atoms with Crippen LogP contribution in [0.1, 0.15) is 41.7 Å². The lowest BCUT2D eigenvalue weighted by Crippen LogP contribution is -2.21. The molecule has 1 N–H and O–H groups in total. The number of benzene rings is 1. The van der Waals surface area contributed by atoms with Gasteiger partial charge in [-0.05, 0) is 39.8 Å². The molecule has 0 fully saturated rings. The first kappa shape index (κ1) is 16.6. The van der Waals surface area contributed by atoms with E-state index in [1.807, 2.05) is 6.92 Å². The minimum absolute atomic E-state index is 0.0725. The molecule has 118 valence electrons. The third-order valence-electron chi connectivity index (χ3n) is 2.78. The maximum absolute atomic E-state index is 11.9. The molecule has 0 aliphatic carbocycles. The number of rotatable bonds is 4. The minimum Gasteiger partial charge on any atom is -0.390 e. The van der Waals surface area contributed by atoms with Gasteiger partial charge in [0.15, 0.2) is 0 Å². The van der Waals surface area contributed by atoms with Crippen LogP contribution in [0.3, 0.4) is 0 Å². The van der Waals surface area contributed by atoms with Gasteiger partial charge >= 0.3 is 5.97 Å². The highest BCUT2D eigenvalue weighted by Gasteiger charge is 2.17. The first-order chi connectivity index (χ1) is 10.3. The molecule has 22 heavy (non-hydrogen) atoms. The van der Waals surface area contributed by atoms with Gasteiger partial charge in [0.2, 0.25) is 0 Å². The summed E-state index contributed by atoms with van der Waals surface area (Å²) >= 11 is 1.51. The van der Waals surface area contributed by atoms with Crippen molar-refractivity contribution >= 4 is 17.3 Å². The van der Waals surface area contributed by atoms with Gasteiger partial charge in [0.1, 0.15) is 10.6 Å². The number of hydrogen-bond acceptors (Lipinski definition) is 6. The standard InChI is InChI=1S/C16H19NO4S/c1-10-13(9-18)17-14(22-10)11-5-7-12(8-6-11)15(19)20-21-16(2,3)4/h5-8,18H,9H2,1-4H3. The number of aliphatic hydroxyl groups excluding tert-OH is 1. The summed E-state index contributed by atoms with van der Waals surface area (Å²) in [6.07, 6.45) is 0. The Hall–Kier alpha value is -1.76. The van der Waals surface area contributed by atoms with Crippen LogP contribution in [0.2, 0.25) is 0 Å². The van der Waals surface area contributed by atoms with Crippen LogP contribution in [0.15, 0.2) is 24.3 Å². The number of carbonyl (C=O) groups is 1. The molecule has 0 bridgehead atoms. The lowest BCUT2D eigenvalue weighted by atomic mass is 10.1. The molecule has 0 saturated heterocycles. The normalized spacial score (nSPS) is 11.5. The summed E-state index contributed by atoms with van der Waals surface area (Å²) in [6, 6.07) is 6.93. The molecule has 1 heterocycles. The summed E-state index contributed by atoms with van der Waals surface area (Å²) < 4.78 is 0. The van der Waals surface area contributed by atoms with E-state index < -0.39 is 11.6 Å². The lowest BCUT2D eigenvalue weighted by molar-refractivity contribution is -0.301. The van der Waals surface area contributed by atoms with Gasteiger partial charge < -0.3 is 5.11 Å². The molecule has 6 heteroatoms. The topological polar surface area (TPSA) is 68.7 Å². The van der Waals surface area contributed by atoms with E-state index in [1.165, 1.54) is 11.3 Å². The van der Waals surface area contributed by atoms with Gasteiger partial charge in [-0.2, -0.15) is 4.89 Å². The largest absolute Gasteiger partial charge is 0.390 e. The summed E-state index contributed by atoms with van der Waals surface area (Å²) in [5, 5.41) is 10.0. The molecule has 0 aliphatic heterocycles. The van der Waals surface area contributed by atoms with Crippen LogP contribution in [0, 0.1) is 6.92 Å². The Morgan fingerprint density at radius 1 is 1.27 bits per heavy atom. The van der Waals surface area contributed by atoms with Crippen molar-refractivity contribution in [1.82, 2.24) is 4.98 Å². The number of aryl methyl sites for hydroxylation is 1. The number of hydrogen-bond donors (Lipinski definition) is 1. The predicted octanol–water partition coefficient (Wildman–Crippen LogP) is 3.50. The Kier molecular flexibility index (Phi) is 4.95. The van der Waals surface area contributed by atoms with E-state index in [0.717, 1.165) is 15.4 Å². The van der Waals surface area contributed by atoms with Gasteiger partial charge in [0.25, 0.3) is 0 Å². The van der Waals surface area contributed by atoms with Gasteiger partial charge in [-0.25, -0.2) is 9.78 Å². The SMILES string of the molecule is Cc1sc(-c2ccc(C(=O)OOC(C)(C)C)cc2)nc1CO. The fraction of sp³-hybridized carbons (Fsp3) is 0.375. The van der Waals surface area contributed by atoms with Gasteiger partial charge in [-0.15, -0.1) is 11.3 Å². The van der Waals surface area contributed by atoms with Crippen LogP contribution in [0.25, 0.3) is 10.6 Å². The van der Waals surface area contributed by atoms with E-state index in [9.17, 15) is 9.90 Å². The Morgan fingerprint density at radius 2 is 1.91 bits per heavy atom. The molecular formula is C16H19NO4S.